The van der Waals surface area contributed by atoms with Crippen LogP contribution in [-0.4, -0.2) is 34.4 Å². The minimum Gasteiger partial charge on any atom is -0.398 e. The molecule has 4 heteroatoms. The summed E-state index contributed by atoms with van der Waals surface area (Å²) in [5.74, 6) is 1.68. The lowest BCUT2D eigenvalue weighted by atomic mass is 10.1. The summed E-state index contributed by atoms with van der Waals surface area (Å²) in [7, 11) is 2.16. The molecule has 4 nitrogen and oxygen atoms in total. The van der Waals surface area contributed by atoms with Crippen LogP contribution in [-0.2, 0) is 0 Å². The van der Waals surface area contributed by atoms with Gasteiger partial charge < -0.3 is 15.0 Å². The highest BCUT2D eigenvalue weighted by atomic mass is 15.1. The summed E-state index contributed by atoms with van der Waals surface area (Å²) in [5, 5.41) is 0. The van der Waals surface area contributed by atoms with Crippen molar-refractivity contribution in [1.29, 1.82) is 0 Å². The highest BCUT2D eigenvalue weighted by molar-refractivity contribution is 5.52. The number of nitrogen functional groups attached to an aromatic ring is 1. The molecule has 16 heavy (non-hydrogen) atoms. The molecule has 3 heterocycles. The van der Waals surface area contributed by atoms with Gasteiger partial charge in [-0.05, 0) is 32.1 Å². The summed E-state index contributed by atoms with van der Waals surface area (Å²) in [6, 6.07) is 3.94. The fraction of sp³-hybridized carbons (Fsp3) is 0.417. The van der Waals surface area contributed by atoms with E-state index in [1.165, 1.54) is 6.42 Å². The predicted molar refractivity (Wildman–Crippen MR) is 64.5 cm³/mol. The third kappa shape index (κ3) is 1.46. The van der Waals surface area contributed by atoms with Crippen molar-refractivity contribution in [2.24, 2.45) is 0 Å². The standard InChI is InChI=1S/C12H16N4/c1-15-5-4-9(7-15)12-14-6-11-3-2-10(13)8-16(11)12/h2-3,6,8-9H,4-5,7,13H2,1H3. The molecule has 2 N–H and O–H groups in total. The van der Waals surface area contributed by atoms with E-state index >= 15 is 0 Å². The lowest BCUT2D eigenvalue weighted by molar-refractivity contribution is 0.409. The zero-order valence-corrected chi connectivity index (χ0v) is 9.43. The molecule has 1 saturated heterocycles. The van der Waals surface area contributed by atoms with Gasteiger partial charge in [0.2, 0.25) is 0 Å². The molecule has 0 aromatic carbocycles. The Labute approximate surface area is 94.7 Å². The second kappa shape index (κ2) is 3.49. The number of likely N-dealkylation sites (tertiary alicyclic amines) is 1. The van der Waals surface area contributed by atoms with Gasteiger partial charge in [-0.15, -0.1) is 0 Å². The summed E-state index contributed by atoms with van der Waals surface area (Å²) >= 11 is 0. The van der Waals surface area contributed by atoms with E-state index < -0.39 is 0 Å². The van der Waals surface area contributed by atoms with Crippen molar-refractivity contribution in [1.82, 2.24) is 14.3 Å². The van der Waals surface area contributed by atoms with Crippen molar-refractivity contribution in [2.75, 3.05) is 25.9 Å². The lowest BCUT2D eigenvalue weighted by Gasteiger charge is -2.09. The molecule has 1 aliphatic heterocycles. The molecule has 0 radical (unpaired) electrons. The van der Waals surface area contributed by atoms with Gasteiger partial charge in [0.05, 0.1) is 11.7 Å². The van der Waals surface area contributed by atoms with Gasteiger partial charge in [-0.3, -0.25) is 0 Å². The first kappa shape index (κ1) is 9.66. The van der Waals surface area contributed by atoms with Crippen LogP contribution in [0.5, 0.6) is 0 Å². The Morgan fingerprint density at radius 1 is 1.44 bits per heavy atom. The van der Waals surface area contributed by atoms with Crippen LogP contribution in [0.3, 0.4) is 0 Å². The van der Waals surface area contributed by atoms with Gasteiger partial charge in [0, 0.05) is 24.3 Å². The second-order valence-electron chi connectivity index (χ2n) is 4.62. The quantitative estimate of drug-likeness (QED) is 0.782. The van der Waals surface area contributed by atoms with Gasteiger partial charge >= 0.3 is 0 Å². The zero-order valence-electron chi connectivity index (χ0n) is 9.43. The van der Waals surface area contributed by atoms with Crippen molar-refractivity contribution in [3.05, 3.63) is 30.4 Å². The zero-order chi connectivity index (χ0) is 11.1. The molecule has 3 rings (SSSR count). The molecule has 0 amide bonds. The van der Waals surface area contributed by atoms with Crippen molar-refractivity contribution < 1.29 is 0 Å². The smallest absolute Gasteiger partial charge is 0.117 e. The van der Waals surface area contributed by atoms with E-state index in [4.69, 9.17) is 5.73 Å². The number of likely N-dealkylation sites (N-methyl/N-ethyl adjacent to an activating group) is 1. The van der Waals surface area contributed by atoms with Crippen LogP contribution in [0.15, 0.2) is 24.5 Å². The van der Waals surface area contributed by atoms with Gasteiger partial charge in [-0.2, -0.15) is 0 Å². The monoisotopic (exact) mass is 216 g/mol. The molecule has 0 spiro atoms. The van der Waals surface area contributed by atoms with Gasteiger partial charge in [0.1, 0.15) is 5.82 Å². The van der Waals surface area contributed by atoms with E-state index in [1.54, 1.807) is 0 Å². The van der Waals surface area contributed by atoms with E-state index in [2.05, 4.69) is 21.3 Å². The Kier molecular flexibility index (Phi) is 2.11. The molecule has 0 aliphatic carbocycles. The van der Waals surface area contributed by atoms with Crippen LogP contribution in [0.25, 0.3) is 5.52 Å². The number of anilines is 1. The van der Waals surface area contributed by atoms with E-state index in [-0.39, 0.29) is 0 Å². The minimum atomic E-state index is 0.536. The first-order valence-electron chi connectivity index (χ1n) is 5.65. The molecule has 84 valence electrons. The van der Waals surface area contributed by atoms with Crippen molar-refractivity contribution >= 4 is 11.2 Å². The fourth-order valence-electron chi connectivity index (χ4n) is 2.47. The summed E-state index contributed by atoms with van der Waals surface area (Å²) in [6.07, 6.45) is 5.08. The van der Waals surface area contributed by atoms with Crippen LogP contribution < -0.4 is 5.73 Å². The summed E-state index contributed by atoms with van der Waals surface area (Å²) in [5.41, 5.74) is 7.73. The van der Waals surface area contributed by atoms with Gasteiger partial charge in [-0.1, -0.05) is 0 Å². The first-order chi connectivity index (χ1) is 7.74. The normalized spacial score (nSPS) is 21.9. The van der Waals surface area contributed by atoms with Gasteiger partial charge in [-0.25, -0.2) is 4.98 Å². The molecule has 1 aliphatic rings. The van der Waals surface area contributed by atoms with E-state index in [9.17, 15) is 0 Å². The Morgan fingerprint density at radius 3 is 3.06 bits per heavy atom. The number of imidazole rings is 1. The number of rotatable bonds is 1. The Bertz CT molecular complexity index is 517. The van der Waals surface area contributed by atoms with Crippen LogP contribution in [0.1, 0.15) is 18.2 Å². The van der Waals surface area contributed by atoms with E-state index in [1.807, 2.05) is 24.5 Å². The van der Waals surface area contributed by atoms with E-state index in [0.29, 0.717) is 5.92 Å². The molecular weight excluding hydrogens is 200 g/mol. The summed E-state index contributed by atoms with van der Waals surface area (Å²) in [6.45, 7) is 2.25. The first-order valence-corrected chi connectivity index (χ1v) is 5.65. The lowest BCUT2D eigenvalue weighted by Crippen LogP contribution is -2.14. The molecule has 2 aromatic rings. The van der Waals surface area contributed by atoms with Crippen LogP contribution in [0.4, 0.5) is 5.69 Å². The van der Waals surface area contributed by atoms with Crippen LogP contribution >= 0.6 is 0 Å². The SMILES string of the molecule is CN1CCC(c2ncc3ccc(N)cn23)C1. The Balaban J connectivity index is 2.06. The fourth-order valence-corrected chi connectivity index (χ4v) is 2.47. The third-order valence-corrected chi connectivity index (χ3v) is 3.34. The summed E-state index contributed by atoms with van der Waals surface area (Å²) in [4.78, 5) is 6.88. The van der Waals surface area contributed by atoms with Crippen molar-refractivity contribution in [2.45, 2.75) is 12.3 Å². The number of nitrogens with zero attached hydrogens (tertiary/aromatic N) is 3. The second-order valence-corrected chi connectivity index (χ2v) is 4.62. The number of aromatic nitrogens is 2. The topological polar surface area (TPSA) is 46.6 Å². The number of fused-ring (bicyclic) bond motifs is 1. The summed E-state index contributed by atoms with van der Waals surface area (Å²) < 4.78 is 2.12. The Hall–Kier alpha value is -1.55. The number of pyridine rings is 1. The molecular formula is C12H16N4. The largest absolute Gasteiger partial charge is 0.398 e. The molecule has 2 aromatic heterocycles. The molecule has 0 saturated carbocycles. The average Bonchev–Trinajstić information content (AvgIpc) is 2.83. The van der Waals surface area contributed by atoms with Crippen molar-refractivity contribution in [3.63, 3.8) is 0 Å². The molecule has 1 fully saturated rings. The number of hydrogen-bond donors (Lipinski definition) is 1. The highest BCUT2D eigenvalue weighted by Gasteiger charge is 2.24. The Morgan fingerprint density at radius 2 is 2.31 bits per heavy atom. The van der Waals surface area contributed by atoms with Gasteiger partial charge in [0.15, 0.2) is 0 Å². The number of hydrogen-bond acceptors (Lipinski definition) is 3. The van der Waals surface area contributed by atoms with Gasteiger partial charge in [0.25, 0.3) is 0 Å². The molecule has 1 atom stereocenters. The van der Waals surface area contributed by atoms with Crippen molar-refractivity contribution in [3.8, 4) is 0 Å². The maximum absolute atomic E-state index is 5.82. The molecule has 1 unspecified atom stereocenters. The van der Waals surface area contributed by atoms with E-state index in [0.717, 1.165) is 30.1 Å². The molecule has 0 bridgehead atoms. The average molecular weight is 216 g/mol. The minimum absolute atomic E-state index is 0.536. The number of nitrogens with two attached hydrogens (primary N) is 1. The predicted octanol–water partition coefficient (Wildman–Crippen LogP) is 1.34. The highest BCUT2D eigenvalue weighted by Crippen LogP contribution is 2.26. The maximum atomic E-state index is 5.82. The van der Waals surface area contributed by atoms with Crippen LogP contribution in [0, 0.1) is 0 Å². The third-order valence-electron chi connectivity index (χ3n) is 3.34. The maximum Gasteiger partial charge on any atom is 0.117 e. The van der Waals surface area contributed by atoms with Crippen LogP contribution in [0.2, 0.25) is 0 Å².